The topological polar surface area (TPSA) is 78.1 Å². The number of rotatable bonds is 1. The van der Waals surface area contributed by atoms with Gasteiger partial charge >= 0.3 is 0 Å². The zero-order chi connectivity index (χ0) is 7.44. The summed E-state index contributed by atoms with van der Waals surface area (Å²) in [5.41, 5.74) is 15.4. The van der Waals surface area contributed by atoms with Crippen LogP contribution in [0.25, 0.3) is 0 Å². The number of hydrogen-bond acceptors (Lipinski definition) is 3. The van der Waals surface area contributed by atoms with E-state index in [4.69, 9.17) is 28.8 Å². The summed E-state index contributed by atoms with van der Waals surface area (Å²) >= 11 is 8.31. The molecule has 0 aliphatic rings. The van der Waals surface area contributed by atoms with Crippen LogP contribution in [0.1, 0.15) is 0 Å². The second-order valence-electron chi connectivity index (χ2n) is 1.33. The summed E-state index contributed by atoms with van der Waals surface area (Å²) in [5, 5.41) is 0.135. The zero-order valence-electron chi connectivity index (χ0n) is 4.57. The molecule has 3 nitrogen and oxygen atoms in total. The Kier molecular flexibility index (Phi) is 3.49. The average molecular weight is 212 g/mol. The average Bonchev–Trinajstić information content (AvgIpc) is 1.63. The van der Waals surface area contributed by atoms with Gasteiger partial charge in [0.1, 0.15) is 11.0 Å². The standard InChI is InChI=1S/C4H7BrClN3/c5-2(4(8)9)1-3(6)7/h1H,7-9H2/b3-1-. The van der Waals surface area contributed by atoms with Gasteiger partial charge in [-0.3, -0.25) is 0 Å². The van der Waals surface area contributed by atoms with E-state index < -0.39 is 0 Å². The Morgan fingerprint density at radius 1 is 1.33 bits per heavy atom. The fourth-order valence-corrected chi connectivity index (χ4v) is 0.692. The predicted molar refractivity (Wildman–Crippen MR) is 42.5 cm³/mol. The van der Waals surface area contributed by atoms with Gasteiger partial charge in [-0.15, -0.1) is 0 Å². The smallest absolute Gasteiger partial charge is 0.108 e. The van der Waals surface area contributed by atoms with E-state index in [-0.39, 0.29) is 11.0 Å². The number of allylic oxidation sites excluding steroid dienone is 2. The summed E-state index contributed by atoms with van der Waals surface area (Å²) in [5.74, 6) is 0.151. The summed E-state index contributed by atoms with van der Waals surface area (Å²) in [6.07, 6.45) is 1.41. The van der Waals surface area contributed by atoms with Crippen molar-refractivity contribution in [1.82, 2.24) is 0 Å². The molecule has 0 aliphatic heterocycles. The molecule has 0 saturated carbocycles. The molecule has 0 atom stereocenters. The summed E-state index contributed by atoms with van der Waals surface area (Å²) in [6, 6.07) is 0. The first kappa shape index (κ1) is 8.65. The Labute approximate surface area is 66.6 Å². The fraction of sp³-hybridized carbons (Fsp3) is 0. The van der Waals surface area contributed by atoms with Gasteiger partial charge in [-0.05, 0) is 22.0 Å². The molecule has 6 N–H and O–H groups in total. The molecule has 0 aromatic rings. The molecule has 0 aromatic carbocycles. The molecule has 5 heteroatoms. The van der Waals surface area contributed by atoms with E-state index in [9.17, 15) is 0 Å². The van der Waals surface area contributed by atoms with Gasteiger partial charge in [-0.25, -0.2) is 0 Å². The third kappa shape index (κ3) is 4.17. The van der Waals surface area contributed by atoms with Crippen LogP contribution in [-0.2, 0) is 0 Å². The summed E-state index contributed by atoms with van der Waals surface area (Å²) < 4.78 is 0.495. The lowest BCUT2D eigenvalue weighted by Gasteiger charge is -1.92. The first-order chi connectivity index (χ1) is 4.04. The highest BCUT2D eigenvalue weighted by Crippen LogP contribution is 2.09. The van der Waals surface area contributed by atoms with Crippen molar-refractivity contribution in [3.63, 3.8) is 0 Å². The van der Waals surface area contributed by atoms with Gasteiger partial charge in [-0.2, -0.15) is 0 Å². The maximum absolute atomic E-state index is 5.28. The molecule has 0 saturated heterocycles. The van der Waals surface area contributed by atoms with Crippen molar-refractivity contribution in [2.75, 3.05) is 0 Å². The predicted octanol–water partition coefficient (Wildman–Crippen LogP) is 0.507. The van der Waals surface area contributed by atoms with Crippen molar-refractivity contribution in [3.8, 4) is 0 Å². The van der Waals surface area contributed by atoms with Crippen molar-refractivity contribution in [2.24, 2.45) is 17.2 Å². The first-order valence-electron chi connectivity index (χ1n) is 2.07. The lowest BCUT2D eigenvalue weighted by molar-refractivity contribution is 1.24. The Bertz CT molecular complexity index is 155. The number of nitrogens with two attached hydrogens (primary N) is 3. The molecule has 0 rings (SSSR count). The van der Waals surface area contributed by atoms with Crippen LogP contribution < -0.4 is 17.2 Å². The minimum atomic E-state index is 0.135. The zero-order valence-corrected chi connectivity index (χ0v) is 6.91. The summed E-state index contributed by atoms with van der Waals surface area (Å²) in [4.78, 5) is 0. The Morgan fingerprint density at radius 3 is 1.89 bits per heavy atom. The molecule has 0 bridgehead atoms. The van der Waals surface area contributed by atoms with Gasteiger partial charge in [0.2, 0.25) is 0 Å². The minimum Gasteiger partial charge on any atom is -0.389 e. The molecular formula is C4H7BrClN3. The highest BCUT2D eigenvalue weighted by atomic mass is 79.9. The molecule has 0 aromatic heterocycles. The maximum atomic E-state index is 5.28. The normalized spacial score (nSPS) is 11.1. The lowest BCUT2D eigenvalue weighted by atomic mass is 10.5. The molecular weight excluding hydrogens is 205 g/mol. The van der Waals surface area contributed by atoms with Crippen molar-refractivity contribution in [2.45, 2.75) is 0 Å². The Balaban J connectivity index is 4.25. The highest BCUT2D eigenvalue weighted by Gasteiger charge is 1.90. The van der Waals surface area contributed by atoms with Gasteiger partial charge < -0.3 is 17.2 Å². The third-order valence-electron chi connectivity index (χ3n) is 0.540. The van der Waals surface area contributed by atoms with Crippen molar-refractivity contribution < 1.29 is 0 Å². The Hall–Kier alpha value is -0.350. The van der Waals surface area contributed by atoms with Crippen LogP contribution in [0.3, 0.4) is 0 Å². The van der Waals surface area contributed by atoms with E-state index in [1.54, 1.807) is 0 Å². The van der Waals surface area contributed by atoms with Gasteiger partial charge in [-0.1, -0.05) is 11.6 Å². The minimum absolute atomic E-state index is 0.135. The van der Waals surface area contributed by atoms with Gasteiger partial charge in [0, 0.05) is 0 Å². The van der Waals surface area contributed by atoms with Crippen LogP contribution in [0.5, 0.6) is 0 Å². The molecule has 0 radical (unpaired) electrons. The van der Waals surface area contributed by atoms with E-state index >= 15 is 0 Å². The second kappa shape index (κ2) is 3.63. The first-order valence-corrected chi connectivity index (χ1v) is 3.24. The molecule has 0 amide bonds. The molecule has 0 spiro atoms. The largest absolute Gasteiger partial charge is 0.389 e. The van der Waals surface area contributed by atoms with Crippen LogP contribution in [-0.4, -0.2) is 0 Å². The molecule has 0 heterocycles. The monoisotopic (exact) mass is 211 g/mol. The SMILES string of the molecule is NC(N)=C(Br)/C=C(\N)Cl. The number of halogens is 2. The maximum Gasteiger partial charge on any atom is 0.108 e. The van der Waals surface area contributed by atoms with Crippen LogP contribution in [0.2, 0.25) is 0 Å². The van der Waals surface area contributed by atoms with E-state index in [0.717, 1.165) is 0 Å². The van der Waals surface area contributed by atoms with E-state index in [0.29, 0.717) is 4.48 Å². The number of hydrogen-bond donors (Lipinski definition) is 3. The molecule has 0 aliphatic carbocycles. The molecule has 52 valence electrons. The Morgan fingerprint density at radius 2 is 1.78 bits per heavy atom. The van der Waals surface area contributed by atoms with Gasteiger partial charge in [0.25, 0.3) is 0 Å². The summed E-state index contributed by atoms with van der Waals surface area (Å²) in [7, 11) is 0. The van der Waals surface area contributed by atoms with Crippen LogP contribution >= 0.6 is 27.5 Å². The van der Waals surface area contributed by atoms with E-state index in [1.807, 2.05) is 0 Å². The van der Waals surface area contributed by atoms with Crippen LogP contribution in [0.4, 0.5) is 0 Å². The second-order valence-corrected chi connectivity index (χ2v) is 2.62. The van der Waals surface area contributed by atoms with Crippen LogP contribution in [0.15, 0.2) is 21.5 Å². The molecule has 0 unspecified atom stereocenters. The quantitative estimate of drug-likeness (QED) is 0.438. The molecule has 9 heavy (non-hydrogen) atoms. The molecule has 0 fully saturated rings. The van der Waals surface area contributed by atoms with Crippen molar-refractivity contribution in [1.29, 1.82) is 0 Å². The van der Waals surface area contributed by atoms with Crippen molar-refractivity contribution >= 4 is 27.5 Å². The fourth-order valence-electron chi connectivity index (χ4n) is 0.204. The van der Waals surface area contributed by atoms with Gasteiger partial charge in [0.15, 0.2) is 0 Å². The third-order valence-corrected chi connectivity index (χ3v) is 1.34. The summed E-state index contributed by atoms with van der Waals surface area (Å²) in [6.45, 7) is 0. The lowest BCUT2D eigenvalue weighted by Crippen LogP contribution is -2.09. The highest BCUT2D eigenvalue weighted by molar-refractivity contribution is 9.11. The van der Waals surface area contributed by atoms with Crippen molar-refractivity contribution in [3.05, 3.63) is 21.5 Å². The van der Waals surface area contributed by atoms with E-state index in [2.05, 4.69) is 15.9 Å². The van der Waals surface area contributed by atoms with E-state index in [1.165, 1.54) is 6.08 Å². The van der Waals surface area contributed by atoms with Gasteiger partial charge in [0.05, 0.1) is 4.48 Å². The van der Waals surface area contributed by atoms with Crippen LogP contribution in [0, 0.1) is 0 Å².